The molecule has 4 N–H and O–H groups in total. The normalized spacial score (nSPS) is 17.9. The molecular weight excluding hydrogens is 824 g/mol. The number of alkyl carbamates (subject to hydrolysis) is 2. The SMILES string of the molecule is C.C.C.C.CC.CC.COC(=O)[C@@H]1C[C@@H](OC)CN1.COCCCOC(=O)N[C@H](C(=O)N1C[C@H](OC)C[C@H]1C(=O)OC)C(C)(C)C.COCCCOC(=O)N[C@H](C(=O)O)C(C)(C)C. The molecule has 0 radical (unpaired) electrons. The van der Waals surface area contributed by atoms with Gasteiger partial charge in [-0.2, -0.15) is 0 Å². The summed E-state index contributed by atoms with van der Waals surface area (Å²) < 4.78 is 39.4. The molecule has 63 heavy (non-hydrogen) atoms. The van der Waals surface area contributed by atoms with Crippen molar-refractivity contribution in [1.82, 2.24) is 20.9 Å². The number of aliphatic carboxylic acids is 1. The summed E-state index contributed by atoms with van der Waals surface area (Å²) >= 11 is 0. The number of likely N-dealkylation sites (tertiary alicyclic amines) is 1. The molecule has 0 spiro atoms. The molecule has 6 atom stereocenters. The summed E-state index contributed by atoms with van der Waals surface area (Å²) in [6, 6.07) is -2.76. The van der Waals surface area contributed by atoms with Gasteiger partial charge in [-0.1, -0.05) is 98.9 Å². The molecule has 19 heteroatoms. The number of amides is 3. The minimum Gasteiger partial charge on any atom is -0.480 e. The van der Waals surface area contributed by atoms with Gasteiger partial charge in [0.2, 0.25) is 5.91 Å². The number of carboxylic acid groups (broad SMARTS) is 1. The summed E-state index contributed by atoms with van der Waals surface area (Å²) in [4.78, 5) is 72.0. The average Bonchev–Trinajstić information content (AvgIpc) is 3.88. The third-order valence-electron chi connectivity index (χ3n) is 8.46. The minimum atomic E-state index is -1.08. The molecule has 0 aromatic heterocycles. The number of rotatable bonds is 16. The molecule has 0 unspecified atom stereocenters. The third-order valence-corrected chi connectivity index (χ3v) is 8.46. The van der Waals surface area contributed by atoms with Crippen LogP contribution < -0.4 is 16.0 Å². The quantitative estimate of drug-likeness (QED) is 0.0752. The zero-order valence-electron chi connectivity index (χ0n) is 38.6. The number of hydrogen-bond acceptors (Lipinski definition) is 15. The topological polar surface area (TPSA) is 236 Å². The van der Waals surface area contributed by atoms with Gasteiger partial charge in [-0.15, -0.1) is 0 Å². The number of carbonyl (C=O) groups is 6. The van der Waals surface area contributed by atoms with Crippen molar-refractivity contribution in [3.63, 3.8) is 0 Å². The van der Waals surface area contributed by atoms with Crippen molar-refractivity contribution < 1.29 is 71.8 Å². The van der Waals surface area contributed by atoms with Gasteiger partial charge in [0.1, 0.15) is 24.2 Å². The van der Waals surface area contributed by atoms with Gasteiger partial charge in [-0.25, -0.2) is 19.2 Å². The van der Waals surface area contributed by atoms with Crippen LogP contribution in [-0.4, -0.2) is 165 Å². The van der Waals surface area contributed by atoms with Crippen molar-refractivity contribution in [2.75, 3.05) is 82.2 Å². The van der Waals surface area contributed by atoms with Crippen LogP contribution in [0.25, 0.3) is 0 Å². The smallest absolute Gasteiger partial charge is 0.407 e. The van der Waals surface area contributed by atoms with E-state index in [9.17, 15) is 28.8 Å². The van der Waals surface area contributed by atoms with Crippen LogP contribution >= 0.6 is 0 Å². The predicted octanol–water partition coefficient (Wildman–Crippen LogP) is 6.33. The van der Waals surface area contributed by atoms with Crippen LogP contribution in [0.3, 0.4) is 0 Å². The molecule has 3 amide bonds. The van der Waals surface area contributed by atoms with Crippen molar-refractivity contribution in [3.05, 3.63) is 0 Å². The van der Waals surface area contributed by atoms with E-state index in [1.165, 1.54) is 26.2 Å². The number of methoxy groups -OCH3 is 6. The van der Waals surface area contributed by atoms with Crippen LogP contribution in [0, 0.1) is 10.8 Å². The molecule has 19 nitrogen and oxygen atoms in total. The molecule has 2 aliphatic heterocycles. The first kappa shape index (κ1) is 73.6. The molecule has 0 aromatic rings. The first-order valence-corrected chi connectivity index (χ1v) is 20.0. The number of carbonyl (C=O) groups excluding carboxylic acids is 5. The van der Waals surface area contributed by atoms with E-state index in [0.717, 1.165) is 6.54 Å². The molecule has 0 saturated carbocycles. The second-order valence-corrected chi connectivity index (χ2v) is 14.9. The Kier molecular flexibility index (Phi) is 47.9. The number of hydrogen-bond donors (Lipinski definition) is 4. The molecule has 2 aliphatic rings. The predicted molar refractivity (Wildman–Crippen MR) is 248 cm³/mol. The Hall–Kier alpha value is -3.78. The summed E-state index contributed by atoms with van der Waals surface area (Å²) in [6.07, 6.45) is 0.691. The van der Waals surface area contributed by atoms with E-state index in [1.54, 1.807) is 42.1 Å². The van der Waals surface area contributed by atoms with Gasteiger partial charge >= 0.3 is 30.1 Å². The second kappa shape index (κ2) is 41.0. The molecule has 380 valence electrons. The van der Waals surface area contributed by atoms with E-state index < -0.39 is 53.1 Å². The molecule has 0 aromatic carbocycles. The molecule has 0 aliphatic carbocycles. The summed E-state index contributed by atoms with van der Waals surface area (Å²) in [5.41, 5.74) is -1.16. The van der Waals surface area contributed by atoms with Crippen LogP contribution in [0.15, 0.2) is 0 Å². The number of ether oxygens (including phenoxy) is 8. The first-order valence-electron chi connectivity index (χ1n) is 20.0. The summed E-state index contributed by atoms with van der Waals surface area (Å²) in [7, 11) is 8.97. The highest BCUT2D eigenvalue weighted by molar-refractivity contribution is 5.91. The van der Waals surface area contributed by atoms with Crippen LogP contribution in [0.5, 0.6) is 0 Å². The van der Waals surface area contributed by atoms with Gasteiger partial charge in [0.15, 0.2) is 0 Å². The van der Waals surface area contributed by atoms with E-state index in [4.69, 9.17) is 38.3 Å². The number of carboxylic acids is 1. The van der Waals surface area contributed by atoms with Gasteiger partial charge in [0.25, 0.3) is 0 Å². The number of nitrogens with one attached hydrogen (secondary N) is 3. The van der Waals surface area contributed by atoms with E-state index >= 15 is 0 Å². The van der Waals surface area contributed by atoms with Crippen molar-refractivity contribution in [2.45, 2.75) is 161 Å². The van der Waals surface area contributed by atoms with Crippen molar-refractivity contribution in [1.29, 1.82) is 0 Å². The van der Waals surface area contributed by atoms with Crippen molar-refractivity contribution >= 4 is 36.0 Å². The van der Waals surface area contributed by atoms with Crippen LogP contribution in [0.1, 0.15) is 125 Å². The highest BCUT2D eigenvalue weighted by atomic mass is 16.6. The Morgan fingerprint density at radius 2 is 1.05 bits per heavy atom. The Morgan fingerprint density at radius 3 is 1.38 bits per heavy atom. The summed E-state index contributed by atoms with van der Waals surface area (Å²) in [5.74, 6) is -2.15. The fourth-order valence-corrected chi connectivity index (χ4v) is 5.29. The lowest BCUT2D eigenvalue weighted by atomic mass is 9.85. The van der Waals surface area contributed by atoms with Crippen molar-refractivity contribution in [2.24, 2.45) is 10.8 Å². The van der Waals surface area contributed by atoms with Gasteiger partial charge in [0, 0.05) is 80.4 Å². The number of nitrogens with zero attached hydrogens (tertiary/aromatic N) is 1. The highest BCUT2D eigenvalue weighted by Gasteiger charge is 2.45. The summed E-state index contributed by atoms with van der Waals surface area (Å²) in [5, 5.41) is 17.0. The zero-order valence-corrected chi connectivity index (χ0v) is 38.6. The fourth-order valence-electron chi connectivity index (χ4n) is 5.29. The molecule has 2 fully saturated rings. The second-order valence-electron chi connectivity index (χ2n) is 14.9. The van der Waals surface area contributed by atoms with Gasteiger partial charge in [-0.3, -0.25) is 9.59 Å². The van der Waals surface area contributed by atoms with Crippen LogP contribution in [0.2, 0.25) is 0 Å². The van der Waals surface area contributed by atoms with Crippen molar-refractivity contribution in [3.8, 4) is 0 Å². The maximum absolute atomic E-state index is 13.2. The maximum atomic E-state index is 13.2. The largest absolute Gasteiger partial charge is 0.480 e. The fraction of sp³-hybridized carbons (Fsp3) is 0.864. The van der Waals surface area contributed by atoms with Crippen LogP contribution in [0.4, 0.5) is 9.59 Å². The van der Waals surface area contributed by atoms with Crippen LogP contribution in [-0.2, 0) is 57.1 Å². The molecular formula is C44H94N4O15. The molecule has 2 rings (SSSR count). The average molecular weight is 919 g/mol. The molecule has 2 saturated heterocycles. The van der Waals surface area contributed by atoms with Gasteiger partial charge in [-0.05, 0) is 10.8 Å². The number of esters is 2. The zero-order chi connectivity index (χ0) is 46.4. The van der Waals surface area contributed by atoms with E-state index in [0.29, 0.717) is 38.9 Å². The van der Waals surface area contributed by atoms with E-state index in [-0.39, 0.29) is 79.6 Å². The van der Waals surface area contributed by atoms with E-state index in [1.807, 2.05) is 48.5 Å². The minimum absolute atomic E-state index is 0. The Bertz CT molecular complexity index is 1200. The standard InChI is InChI=1S/C18H32N2O7.C11H21NO5.C7H13NO3.2C2H6.4CH4/c1-18(2,3)14(19-17(23)27-9-7-8-24-4)15(21)20-11-12(25-5)10-13(20)16(22)26-6;1-11(2,3)8(9(13)14)12-10(15)17-7-5-6-16-4;1-10-5-3-6(8-4-5)7(9)11-2;2*1-2;;;;/h12-14H,7-11H2,1-6H3,(H,19,23);8H,5-7H2,1-4H3,(H,12,15)(H,13,14);5-6,8H,3-4H2,1-2H3;2*1-2H3;4*1H4/t12-,13+,14-;8-;5-,6+;;;;;;/m111....../s1. The van der Waals surface area contributed by atoms with Gasteiger partial charge < -0.3 is 63.9 Å². The maximum Gasteiger partial charge on any atom is 0.407 e. The van der Waals surface area contributed by atoms with Gasteiger partial charge in [0.05, 0.1) is 39.6 Å². The van der Waals surface area contributed by atoms with E-state index in [2.05, 4.69) is 20.7 Å². The Morgan fingerprint density at radius 1 is 0.635 bits per heavy atom. The third kappa shape index (κ3) is 30.9. The monoisotopic (exact) mass is 919 g/mol. The Labute approximate surface area is 382 Å². The molecule has 2 heterocycles. The Balaban J connectivity index is -0.000000150. The molecule has 0 bridgehead atoms. The lowest BCUT2D eigenvalue weighted by molar-refractivity contribution is -0.152. The summed E-state index contributed by atoms with van der Waals surface area (Å²) in [6.45, 7) is 21.0. The highest BCUT2D eigenvalue weighted by Crippen LogP contribution is 2.27. The lowest BCUT2D eigenvalue weighted by Gasteiger charge is -2.34. The lowest BCUT2D eigenvalue weighted by Crippen LogP contribution is -2.57. The first-order chi connectivity index (χ1) is 27.7.